The van der Waals surface area contributed by atoms with Crippen molar-refractivity contribution in [2.45, 2.75) is 17.9 Å². The zero-order chi connectivity index (χ0) is 20.3. The van der Waals surface area contributed by atoms with Gasteiger partial charge in [-0.25, -0.2) is 8.42 Å². The molecule has 0 fully saturated rings. The largest absolute Gasteiger partial charge is 0.391 e. The van der Waals surface area contributed by atoms with Gasteiger partial charge < -0.3 is 4.84 Å². The number of benzene rings is 3. The van der Waals surface area contributed by atoms with E-state index in [1.807, 2.05) is 72.8 Å². The molecule has 146 valence electrons. The minimum atomic E-state index is -3.21. The van der Waals surface area contributed by atoms with E-state index in [1.54, 1.807) is 12.1 Å². The summed E-state index contributed by atoms with van der Waals surface area (Å²) in [4.78, 5) is 5.92. The van der Waals surface area contributed by atoms with Crippen LogP contribution in [0.15, 0.2) is 95.0 Å². The van der Waals surface area contributed by atoms with Crippen LogP contribution < -0.4 is 0 Å². The highest BCUT2D eigenvalue weighted by Crippen LogP contribution is 2.40. The molecule has 1 aliphatic rings. The topological polar surface area (TPSA) is 55.7 Å². The zero-order valence-corrected chi connectivity index (χ0v) is 16.9. The van der Waals surface area contributed by atoms with Gasteiger partial charge in [-0.15, -0.1) is 0 Å². The number of hydrogen-bond acceptors (Lipinski definition) is 4. The second-order valence-electron chi connectivity index (χ2n) is 6.99. The Balaban J connectivity index is 1.63. The van der Waals surface area contributed by atoms with Gasteiger partial charge in [-0.1, -0.05) is 78.0 Å². The Morgan fingerprint density at radius 2 is 1.45 bits per heavy atom. The Labute approximate surface area is 171 Å². The smallest absolute Gasteiger partial charge is 0.175 e. The second kappa shape index (κ2) is 8.05. The molecule has 3 aromatic carbocycles. The van der Waals surface area contributed by atoms with Gasteiger partial charge in [0, 0.05) is 18.2 Å². The fourth-order valence-corrected chi connectivity index (χ4v) is 3.97. The number of rotatable bonds is 6. The summed E-state index contributed by atoms with van der Waals surface area (Å²) >= 11 is 0. The fraction of sp³-hybridized carbons (Fsp3) is 0.125. The normalized spacial score (nSPS) is 15.3. The summed E-state index contributed by atoms with van der Waals surface area (Å²) in [5.74, 6) is 0. The summed E-state index contributed by atoms with van der Waals surface area (Å²) in [6.45, 7) is 0.421. The Kier molecular flexibility index (Phi) is 5.32. The molecule has 0 saturated heterocycles. The number of oxime groups is 1. The van der Waals surface area contributed by atoms with Crippen LogP contribution in [0.4, 0.5) is 0 Å². The lowest BCUT2D eigenvalue weighted by atomic mass is 9.78. The van der Waals surface area contributed by atoms with Gasteiger partial charge in [-0.3, -0.25) is 0 Å². The number of sulfone groups is 1. The Morgan fingerprint density at radius 1 is 0.828 bits per heavy atom. The molecule has 0 aliphatic heterocycles. The van der Waals surface area contributed by atoms with Crippen LogP contribution in [-0.2, 0) is 21.3 Å². The van der Waals surface area contributed by atoms with Gasteiger partial charge in [0.25, 0.3) is 0 Å². The minimum absolute atomic E-state index is 0.322. The Bertz CT molecular complexity index is 1160. The predicted octanol–water partition coefficient (Wildman–Crippen LogP) is 4.98. The van der Waals surface area contributed by atoms with E-state index in [1.165, 1.54) is 6.26 Å². The van der Waals surface area contributed by atoms with Crippen molar-refractivity contribution < 1.29 is 13.3 Å². The van der Waals surface area contributed by atoms with E-state index in [0.29, 0.717) is 17.9 Å². The van der Waals surface area contributed by atoms with Gasteiger partial charge in [0.05, 0.1) is 10.6 Å². The fourth-order valence-electron chi connectivity index (χ4n) is 3.34. The molecule has 0 radical (unpaired) electrons. The average molecular weight is 404 g/mol. The highest BCUT2D eigenvalue weighted by molar-refractivity contribution is 7.90. The molecule has 0 N–H and O–H groups in total. The molecule has 0 bridgehead atoms. The number of hydrogen-bond donors (Lipinski definition) is 0. The summed E-state index contributed by atoms with van der Waals surface area (Å²) in [6.07, 6.45) is 1.89. The highest BCUT2D eigenvalue weighted by Gasteiger charge is 2.28. The molecule has 5 heteroatoms. The molecule has 0 heterocycles. The van der Waals surface area contributed by atoms with Crippen molar-refractivity contribution in [3.05, 3.63) is 102 Å². The second-order valence-corrected chi connectivity index (χ2v) is 9.01. The van der Waals surface area contributed by atoms with E-state index in [0.717, 1.165) is 33.5 Å². The third-order valence-corrected chi connectivity index (χ3v) is 6.01. The molecule has 0 aromatic heterocycles. The van der Waals surface area contributed by atoms with E-state index in [9.17, 15) is 8.42 Å². The van der Waals surface area contributed by atoms with Gasteiger partial charge in [-0.05, 0) is 34.4 Å². The maximum absolute atomic E-state index is 11.7. The predicted molar refractivity (Wildman–Crippen MR) is 116 cm³/mol. The van der Waals surface area contributed by atoms with Crippen molar-refractivity contribution in [1.29, 1.82) is 0 Å². The lowest BCUT2D eigenvalue weighted by Crippen LogP contribution is -2.17. The Morgan fingerprint density at radius 3 is 2.07 bits per heavy atom. The van der Waals surface area contributed by atoms with Crippen molar-refractivity contribution in [3.8, 4) is 0 Å². The van der Waals surface area contributed by atoms with Crippen molar-refractivity contribution >= 4 is 26.7 Å². The summed E-state index contributed by atoms with van der Waals surface area (Å²) in [6, 6.07) is 27.0. The first kappa shape index (κ1) is 19.2. The van der Waals surface area contributed by atoms with Gasteiger partial charge in [0.1, 0.15) is 6.61 Å². The molecule has 0 spiro atoms. The third kappa shape index (κ3) is 4.30. The van der Waals surface area contributed by atoms with Crippen LogP contribution in [0.25, 0.3) is 11.1 Å². The maximum Gasteiger partial charge on any atom is 0.175 e. The number of nitrogens with zero attached hydrogens (tertiary/aromatic N) is 1. The summed E-state index contributed by atoms with van der Waals surface area (Å²) in [5, 5.41) is 4.38. The summed E-state index contributed by atoms with van der Waals surface area (Å²) in [7, 11) is -3.21. The monoisotopic (exact) mass is 403 g/mol. The molecule has 29 heavy (non-hydrogen) atoms. The SMILES string of the molecule is CS(=O)(=O)c1ccc(C2=C(c3ccccc3)C(=NOCc3ccccc3)C2)cc1. The van der Waals surface area contributed by atoms with Crippen LogP contribution in [0.3, 0.4) is 0 Å². The van der Waals surface area contributed by atoms with Gasteiger partial charge >= 0.3 is 0 Å². The van der Waals surface area contributed by atoms with Crippen LogP contribution in [0.1, 0.15) is 23.1 Å². The van der Waals surface area contributed by atoms with E-state index >= 15 is 0 Å². The molecule has 4 rings (SSSR count). The van der Waals surface area contributed by atoms with Crippen LogP contribution in [0.5, 0.6) is 0 Å². The average Bonchev–Trinajstić information content (AvgIpc) is 2.71. The van der Waals surface area contributed by atoms with Crippen molar-refractivity contribution in [2.24, 2.45) is 5.16 Å². The van der Waals surface area contributed by atoms with Gasteiger partial charge in [0.2, 0.25) is 0 Å². The van der Waals surface area contributed by atoms with E-state index in [2.05, 4.69) is 5.16 Å². The van der Waals surface area contributed by atoms with Gasteiger partial charge in [0.15, 0.2) is 9.84 Å². The van der Waals surface area contributed by atoms with E-state index in [-0.39, 0.29) is 0 Å². The molecule has 0 amide bonds. The summed E-state index contributed by atoms with van der Waals surface area (Å²) in [5.41, 5.74) is 6.22. The van der Waals surface area contributed by atoms with Crippen molar-refractivity contribution in [2.75, 3.05) is 6.26 Å². The molecule has 0 unspecified atom stereocenters. The van der Waals surface area contributed by atoms with E-state index < -0.39 is 9.84 Å². The van der Waals surface area contributed by atoms with Crippen LogP contribution >= 0.6 is 0 Å². The van der Waals surface area contributed by atoms with E-state index in [4.69, 9.17) is 4.84 Å². The third-order valence-electron chi connectivity index (χ3n) is 4.88. The van der Waals surface area contributed by atoms with Crippen molar-refractivity contribution in [3.63, 3.8) is 0 Å². The van der Waals surface area contributed by atoms with Crippen LogP contribution in [-0.4, -0.2) is 20.4 Å². The standard InChI is InChI=1S/C24H21NO3S/c1-29(26,27)21-14-12-19(13-15-21)22-16-23(24(22)20-10-6-3-7-11-20)25-28-17-18-8-4-2-5-9-18/h2-15H,16-17H2,1H3. The molecule has 0 saturated carbocycles. The Hall–Kier alpha value is -3.18. The first-order valence-electron chi connectivity index (χ1n) is 9.34. The quantitative estimate of drug-likeness (QED) is 0.546. The first-order chi connectivity index (χ1) is 14.0. The first-order valence-corrected chi connectivity index (χ1v) is 11.2. The van der Waals surface area contributed by atoms with Gasteiger partial charge in [-0.2, -0.15) is 0 Å². The van der Waals surface area contributed by atoms with Crippen LogP contribution in [0, 0.1) is 0 Å². The van der Waals surface area contributed by atoms with Crippen molar-refractivity contribution in [1.82, 2.24) is 0 Å². The molecular formula is C24H21NO3S. The molecule has 0 atom stereocenters. The number of allylic oxidation sites excluding steroid dienone is 2. The highest BCUT2D eigenvalue weighted by atomic mass is 32.2. The zero-order valence-electron chi connectivity index (χ0n) is 16.1. The molecule has 3 aromatic rings. The van der Waals surface area contributed by atoms with Crippen LogP contribution in [0.2, 0.25) is 0 Å². The lowest BCUT2D eigenvalue weighted by Gasteiger charge is -2.26. The molecule has 1 aliphatic carbocycles. The maximum atomic E-state index is 11.7. The molecular weight excluding hydrogens is 382 g/mol. The summed E-state index contributed by atoms with van der Waals surface area (Å²) < 4.78 is 23.4. The lowest BCUT2D eigenvalue weighted by molar-refractivity contribution is 0.130. The minimum Gasteiger partial charge on any atom is -0.391 e. The molecule has 4 nitrogen and oxygen atoms in total.